The van der Waals surface area contributed by atoms with Crippen molar-refractivity contribution < 1.29 is 13.6 Å². The van der Waals surface area contributed by atoms with E-state index in [0.717, 1.165) is 6.42 Å². The van der Waals surface area contributed by atoms with Crippen molar-refractivity contribution in [3.8, 4) is 0 Å². The Labute approximate surface area is 112 Å². The van der Waals surface area contributed by atoms with E-state index >= 15 is 0 Å². The van der Waals surface area contributed by atoms with Gasteiger partial charge in [-0.25, -0.2) is 0 Å². The summed E-state index contributed by atoms with van der Waals surface area (Å²) in [6.07, 6.45) is 1.08. The van der Waals surface area contributed by atoms with E-state index in [2.05, 4.69) is 10.6 Å². The minimum atomic E-state index is -2.92. The molecule has 0 saturated heterocycles. The predicted octanol–water partition coefficient (Wildman–Crippen LogP) is 2.28. The largest absolute Gasteiger partial charge is 0.356 e. The van der Waals surface area contributed by atoms with Crippen LogP contribution in [-0.2, 0) is 10.7 Å². The van der Waals surface area contributed by atoms with E-state index in [0.29, 0.717) is 6.54 Å². The van der Waals surface area contributed by atoms with Gasteiger partial charge in [0.05, 0.1) is 6.54 Å². The summed E-state index contributed by atoms with van der Waals surface area (Å²) in [6, 6.07) is 7.67. The van der Waals surface area contributed by atoms with Gasteiger partial charge >= 0.3 is 0 Å². The highest BCUT2D eigenvalue weighted by atomic mass is 19.3. The van der Waals surface area contributed by atoms with E-state index in [4.69, 9.17) is 0 Å². The third kappa shape index (κ3) is 5.79. The lowest BCUT2D eigenvalue weighted by Crippen LogP contribution is -2.34. The number of amides is 1. The molecule has 0 bridgehead atoms. The molecule has 0 spiro atoms. The van der Waals surface area contributed by atoms with E-state index < -0.39 is 12.5 Å². The van der Waals surface area contributed by atoms with Gasteiger partial charge in [0.2, 0.25) is 5.91 Å². The van der Waals surface area contributed by atoms with Crippen molar-refractivity contribution in [2.24, 2.45) is 0 Å². The summed E-state index contributed by atoms with van der Waals surface area (Å²) in [5.41, 5.74) is -0.0158. The minimum absolute atomic E-state index is 0.0158. The van der Waals surface area contributed by atoms with Crippen LogP contribution >= 0.6 is 0 Å². The number of carbonyl (C=O) groups is 1. The maximum atomic E-state index is 13.7. The van der Waals surface area contributed by atoms with Gasteiger partial charge in [0.1, 0.15) is 0 Å². The standard InChI is InChI=1S/C14H20F2N2O/c1-2-9-18-13(19)8-10-17-11-14(15,16)12-6-4-3-5-7-12/h3-7,17H,2,8-11H2,1H3,(H,18,19). The fourth-order valence-electron chi connectivity index (χ4n) is 1.58. The lowest BCUT2D eigenvalue weighted by Gasteiger charge is -2.17. The summed E-state index contributed by atoms with van der Waals surface area (Å²) >= 11 is 0. The van der Waals surface area contributed by atoms with E-state index in [1.54, 1.807) is 18.2 Å². The zero-order valence-corrected chi connectivity index (χ0v) is 11.1. The summed E-state index contributed by atoms with van der Waals surface area (Å²) in [5, 5.41) is 5.32. The van der Waals surface area contributed by atoms with E-state index in [9.17, 15) is 13.6 Å². The SMILES string of the molecule is CCCNC(=O)CCNCC(F)(F)c1ccccc1. The third-order valence-electron chi connectivity index (χ3n) is 2.64. The van der Waals surface area contributed by atoms with Crippen molar-refractivity contribution >= 4 is 5.91 Å². The van der Waals surface area contributed by atoms with Gasteiger partial charge in [-0.3, -0.25) is 4.79 Å². The van der Waals surface area contributed by atoms with Crippen LogP contribution in [0.5, 0.6) is 0 Å². The Morgan fingerprint density at radius 1 is 1.21 bits per heavy atom. The number of hydrogen-bond acceptors (Lipinski definition) is 2. The molecule has 0 aromatic heterocycles. The molecule has 5 heteroatoms. The molecule has 19 heavy (non-hydrogen) atoms. The monoisotopic (exact) mass is 270 g/mol. The zero-order valence-electron chi connectivity index (χ0n) is 11.1. The smallest absolute Gasteiger partial charge is 0.285 e. The second-order valence-electron chi connectivity index (χ2n) is 4.35. The quantitative estimate of drug-likeness (QED) is 0.712. The van der Waals surface area contributed by atoms with Crippen LogP contribution in [0.4, 0.5) is 8.78 Å². The van der Waals surface area contributed by atoms with Crippen molar-refractivity contribution in [2.75, 3.05) is 19.6 Å². The molecule has 0 heterocycles. The first-order valence-electron chi connectivity index (χ1n) is 6.47. The van der Waals surface area contributed by atoms with Crippen LogP contribution in [0.3, 0.4) is 0 Å². The van der Waals surface area contributed by atoms with E-state index in [-0.39, 0.29) is 24.4 Å². The molecule has 1 amide bonds. The van der Waals surface area contributed by atoms with Crippen LogP contribution in [0.2, 0.25) is 0 Å². The number of hydrogen-bond donors (Lipinski definition) is 2. The number of rotatable bonds is 8. The minimum Gasteiger partial charge on any atom is -0.356 e. The van der Waals surface area contributed by atoms with Gasteiger partial charge < -0.3 is 10.6 Å². The van der Waals surface area contributed by atoms with Gasteiger partial charge in [-0.2, -0.15) is 8.78 Å². The molecular weight excluding hydrogens is 250 g/mol. The van der Waals surface area contributed by atoms with E-state index in [1.165, 1.54) is 12.1 Å². The summed E-state index contributed by atoms with van der Waals surface area (Å²) in [4.78, 5) is 11.3. The fraction of sp³-hybridized carbons (Fsp3) is 0.500. The molecule has 0 atom stereocenters. The molecule has 0 saturated carbocycles. The van der Waals surface area contributed by atoms with Gasteiger partial charge in [-0.1, -0.05) is 37.3 Å². The molecule has 0 aliphatic heterocycles. The highest BCUT2D eigenvalue weighted by Gasteiger charge is 2.30. The third-order valence-corrected chi connectivity index (χ3v) is 2.64. The second kappa shape index (κ2) is 7.84. The summed E-state index contributed by atoms with van der Waals surface area (Å²) in [5.74, 6) is -3.03. The number of benzene rings is 1. The van der Waals surface area contributed by atoms with Crippen LogP contribution in [-0.4, -0.2) is 25.5 Å². The molecule has 1 rings (SSSR count). The van der Waals surface area contributed by atoms with Crippen LogP contribution in [0.1, 0.15) is 25.3 Å². The Hall–Kier alpha value is -1.49. The van der Waals surface area contributed by atoms with Crippen molar-refractivity contribution in [2.45, 2.75) is 25.7 Å². The Kier molecular flexibility index (Phi) is 6.42. The second-order valence-corrected chi connectivity index (χ2v) is 4.35. The Morgan fingerprint density at radius 3 is 2.53 bits per heavy atom. The van der Waals surface area contributed by atoms with Crippen molar-refractivity contribution in [1.29, 1.82) is 0 Å². The highest BCUT2D eigenvalue weighted by molar-refractivity contribution is 5.75. The van der Waals surface area contributed by atoms with Crippen LogP contribution < -0.4 is 10.6 Å². The summed E-state index contributed by atoms with van der Waals surface area (Å²) < 4.78 is 27.4. The maximum Gasteiger partial charge on any atom is 0.285 e. The fourth-order valence-corrected chi connectivity index (χ4v) is 1.58. The number of nitrogens with one attached hydrogen (secondary N) is 2. The molecule has 0 aliphatic carbocycles. The molecule has 0 fully saturated rings. The number of alkyl halides is 2. The number of carbonyl (C=O) groups excluding carboxylic acids is 1. The molecule has 0 radical (unpaired) electrons. The van der Waals surface area contributed by atoms with Crippen molar-refractivity contribution in [3.63, 3.8) is 0 Å². The zero-order chi connectivity index (χ0) is 14.1. The van der Waals surface area contributed by atoms with E-state index in [1.807, 2.05) is 6.92 Å². The lowest BCUT2D eigenvalue weighted by atomic mass is 10.1. The Balaban J connectivity index is 2.27. The molecule has 0 aliphatic rings. The molecule has 1 aromatic carbocycles. The molecule has 0 unspecified atom stereocenters. The van der Waals surface area contributed by atoms with Gasteiger partial charge in [0, 0.05) is 25.1 Å². The van der Waals surface area contributed by atoms with Gasteiger partial charge in [0.25, 0.3) is 5.92 Å². The Morgan fingerprint density at radius 2 is 1.89 bits per heavy atom. The van der Waals surface area contributed by atoms with Crippen molar-refractivity contribution in [1.82, 2.24) is 10.6 Å². The number of halogens is 2. The van der Waals surface area contributed by atoms with Gasteiger partial charge in [-0.15, -0.1) is 0 Å². The first-order chi connectivity index (χ1) is 9.06. The lowest BCUT2D eigenvalue weighted by molar-refractivity contribution is -0.121. The van der Waals surface area contributed by atoms with Crippen LogP contribution in [0, 0.1) is 0 Å². The van der Waals surface area contributed by atoms with Crippen molar-refractivity contribution in [3.05, 3.63) is 35.9 Å². The first-order valence-corrected chi connectivity index (χ1v) is 6.47. The maximum absolute atomic E-state index is 13.7. The average Bonchev–Trinajstić information content (AvgIpc) is 2.42. The van der Waals surface area contributed by atoms with Gasteiger partial charge in [0.15, 0.2) is 0 Å². The topological polar surface area (TPSA) is 41.1 Å². The first kappa shape index (κ1) is 15.6. The van der Waals surface area contributed by atoms with Crippen LogP contribution in [0.25, 0.3) is 0 Å². The Bertz CT molecular complexity index is 382. The average molecular weight is 270 g/mol. The summed E-state index contributed by atoms with van der Waals surface area (Å²) in [7, 11) is 0. The molecule has 2 N–H and O–H groups in total. The molecule has 3 nitrogen and oxygen atoms in total. The highest BCUT2D eigenvalue weighted by Crippen LogP contribution is 2.26. The van der Waals surface area contributed by atoms with Gasteiger partial charge in [-0.05, 0) is 6.42 Å². The van der Waals surface area contributed by atoms with Crippen LogP contribution in [0.15, 0.2) is 30.3 Å². The normalized spacial score (nSPS) is 11.3. The molecule has 1 aromatic rings. The molecular formula is C14H20F2N2O. The summed E-state index contributed by atoms with van der Waals surface area (Å²) in [6.45, 7) is 2.37. The predicted molar refractivity (Wildman–Crippen MR) is 71.1 cm³/mol. The molecule has 106 valence electrons.